The molecule has 2 aromatic carbocycles. The lowest BCUT2D eigenvalue weighted by Gasteiger charge is -2.33. The van der Waals surface area contributed by atoms with Gasteiger partial charge in [0.05, 0.1) is 34.9 Å². The van der Waals surface area contributed by atoms with Crippen molar-refractivity contribution in [1.29, 1.82) is 0 Å². The molecule has 39 heavy (non-hydrogen) atoms. The van der Waals surface area contributed by atoms with Gasteiger partial charge in [-0.05, 0) is 57.9 Å². The molecule has 3 aromatic rings. The monoisotopic (exact) mass is 557 g/mol. The second kappa shape index (κ2) is 11.5. The van der Waals surface area contributed by atoms with Crippen LogP contribution in [0.4, 0.5) is 21.6 Å². The maximum atomic E-state index is 13.7. The summed E-state index contributed by atoms with van der Waals surface area (Å²) in [7, 11) is 0. The largest absolute Gasteiger partial charge is 0.486 e. The van der Waals surface area contributed by atoms with Crippen LogP contribution in [0.2, 0.25) is 5.02 Å². The number of fused-ring (bicyclic) bond motifs is 1. The Morgan fingerprint density at radius 2 is 1.95 bits per heavy atom. The SMILES string of the molecule is CC(C)(C)C(=O)ON1CCC(Nc2cc3c(Nc4ccc(F)c(Cl)c4)ncnc3cc2O[C@H]2CCOC2)CC1. The third-order valence-electron chi connectivity index (χ3n) is 6.74. The van der Waals surface area contributed by atoms with Crippen molar-refractivity contribution in [3.8, 4) is 5.75 Å². The first kappa shape index (κ1) is 27.4. The molecular formula is C28H33ClFN5O4. The second-order valence-corrected chi connectivity index (χ2v) is 11.3. The number of ether oxygens (including phenoxy) is 2. The van der Waals surface area contributed by atoms with Crippen molar-refractivity contribution in [2.75, 3.05) is 36.9 Å². The van der Waals surface area contributed by atoms with Crippen LogP contribution in [0.1, 0.15) is 40.0 Å². The van der Waals surface area contributed by atoms with Gasteiger partial charge in [-0.15, -0.1) is 5.06 Å². The van der Waals surface area contributed by atoms with Crippen LogP contribution in [0, 0.1) is 11.2 Å². The van der Waals surface area contributed by atoms with E-state index in [0.717, 1.165) is 30.3 Å². The molecule has 1 atom stereocenters. The predicted molar refractivity (Wildman–Crippen MR) is 148 cm³/mol. The van der Waals surface area contributed by atoms with Crippen molar-refractivity contribution in [1.82, 2.24) is 15.0 Å². The summed E-state index contributed by atoms with van der Waals surface area (Å²) in [6.45, 7) is 8.00. The number of piperidine rings is 1. The van der Waals surface area contributed by atoms with Gasteiger partial charge >= 0.3 is 5.97 Å². The molecule has 5 rings (SSSR count). The van der Waals surface area contributed by atoms with Gasteiger partial charge in [0.15, 0.2) is 0 Å². The lowest BCUT2D eigenvalue weighted by Crippen LogP contribution is -2.42. The molecule has 0 aliphatic carbocycles. The molecule has 2 aliphatic rings. The van der Waals surface area contributed by atoms with E-state index in [4.69, 9.17) is 25.9 Å². The van der Waals surface area contributed by atoms with Gasteiger partial charge in [0.1, 0.15) is 29.8 Å². The molecule has 0 bridgehead atoms. The molecule has 208 valence electrons. The van der Waals surface area contributed by atoms with Crippen molar-refractivity contribution in [3.05, 3.63) is 47.5 Å². The van der Waals surface area contributed by atoms with Gasteiger partial charge in [-0.1, -0.05) is 11.6 Å². The highest BCUT2D eigenvalue weighted by Gasteiger charge is 2.29. The van der Waals surface area contributed by atoms with Crippen LogP contribution in [0.25, 0.3) is 10.9 Å². The minimum absolute atomic E-state index is 0.0229. The van der Waals surface area contributed by atoms with E-state index in [-0.39, 0.29) is 23.1 Å². The number of aromatic nitrogens is 2. The van der Waals surface area contributed by atoms with Gasteiger partial charge in [0.2, 0.25) is 0 Å². The summed E-state index contributed by atoms with van der Waals surface area (Å²) in [6, 6.07) is 8.45. The molecule has 0 saturated carbocycles. The highest BCUT2D eigenvalue weighted by atomic mass is 35.5. The number of nitrogens with zero attached hydrogens (tertiary/aromatic N) is 3. The van der Waals surface area contributed by atoms with Crippen molar-refractivity contribution < 1.29 is 23.5 Å². The molecule has 0 amide bonds. The molecule has 0 spiro atoms. The van der Waals surface area contributed by atoms with E-state index in [2.05, 4.69) is 20.6 Å². The highest BCUT2D eigenvalue weighted by molar-refractivity contribution is 6.31. The zero-order valence-electron chi connectivity index (χ0n) is 22.3. The van der Waals surface area contributed by atoms with Gasteiger partial charge in [-0.3, -0.25) is 0 Å². The number of nitrogens with one attached hydrogen (secondary N) is 2. The smallest absolute Gasteiger partial charge is 0.330 e. The number of anilines is 3. The molecule has 2 aliphatic heterocycles. The van der Waals surface area contributed by atoms with Crippen LogP contribution in [0.5, 0.6) is 5.75 Å². The number of halogens is 2. The number of hydrogen-bond acceptors (Lipinski definition) is 9. The maximum Gasteiger partial charge on any atom is 0.330 e. The van der Waals surface area contributed by atoms with Crippen LogP contribution in [0.15, 0.2) is 36.7 Å². The fraction of sp³-hybridized carbons (Fsp3) is 0.464. The van der Waals surface area contributed by atoms with Crippen LogP contribution in [0.3, 0.4) is 0 Å². The molecule has 9 nitrogen and oxygen atoms in total. The first-order valence-corrected chi connectivity index (χ1v) is 13.5. The summed E-state index contributed by atoms with van der Waals surface area (Å²) in [4.78, 5) is 26.8. The van der Waals surface area contributed by atoms with E-state index in [0.29, 0.717) is 49.1 Å². The van der Waals surface area contributed by atoms with Crippen LogP contribution in [-0.4, -0.2) is 59.4 Å². The standard InChI is InChI=1S/C28H33ClFN5O4/c1-28(2,3)27(36)39-35-9-6-17(7-10-35)33-24-13-20-23(14-25(24)38-19-8-11-37-15-19)31-16-32-26(20)34-18-4-5-22(30)21(29)12-18/h4-5,12-14,16-17,19,33H,6-11,15H2,1-3H3,(H,31,32,34)/t19-/m0/s1. The Balaban J connectivity index is 1.38. The Hall–Kier alpha value is -3.21. The molecule has 2 N–H and O–H groups in total. The van der Waals surface area contributed by atoms with E-state index in [1.165, 1.54) is 18.5 Å². The third-order valence-corrected chi connectivity index (χ3v) is 7.03. The van der Waals surface area contributed by atoms with Crippen molar-refractivity contribution in [2.24, 2.45) is 5.41 Å². The molecule has 0 radical (unpaired) electrons. The number of carbonyl (C=O) groups excluding carboxylic acids is 1. The Morgan fingerprint density at radius 1 is 1.15 bits per heavy atom. The zero-order chi connectivity index (χ0) is 27.6. The summed E-state index contributed by atoms with van der Waals surface area (Å²) < 4.78 is 25.5. The van der Waals surface area contributed by atoms with Crippen LogP contribution < -0.4 is 15.4 Å². The Kier molecular flexibility index (Phi) is 8.06. The summed E-state index contributed by atoms with van der Waals surface area (Å²) >= 11 is 5.98. The summed E-state index contributed by atoms with van der Waals surface area (Å²) in [6.07, 6.45) is 3.82. The molecular weight excluding hydrogens is 525 g/mol. The van der Waals surface area contributed by atoms with E-state index < -0.39 is 11.2 Å². The highest BCUT2D eigenvalue weighted by Crippen LogP contribution is 2.36. The first-order valence-electron chi connectivity index (χ1n) is 13.1. The topological polar surface area (TPSA) is 97.8 Å². The maximum absolute atomic E-state index is 13.7. The normalized spacial score (nSPS) is 18.7. The van der Waals surface area contributed by atoms with E-state index >= 15 is 0 Å². The van der Waals surface area contributed by atoms with Gasteiger partial charge < -0.3 is 24.9 Å². The summed E-state index contributed by atoms with van der Waals surface area (Å²) in [5.74, 6) is 0.526. The Bertz CT molecular complexity index is 1340. The van der Waals surface area contributed by atoms with E-state index in [1.54, 1.807) is 11.1 Å². The fourth-order valence-electron chi connectivity index (χ4n) is 4.46. The Morgan fingerprint density at radius 3 is 2.64 bits per heavy atom. The molecule has 0 unspecified atom stereocenters. The zero-order valence-corrected chi connectivity index (χ0v) is 23.1. The minimum atomic E-state index is -0.552. The summed E-state index contributed by atoms with van der Waals surface area (Å²) in [5.41, 5.74) is 1.57. The van der Waals surface area contributed by atoms with Crippen LogP contribution >= 0.6 is 11.6 Å². The minimum Gasteiger partial charge on any atom is -0.486 e. The molecule has 1 aromatic heterocycles. The average molecular weight is 558 g/mol. The van der Waals surface area contributed by atoms with Crippen molar-refractivity contribution in [2.45, 2.75) is 52.2 Å². The van der Waals surface area contributed by atoms with E-state index in [9.17, 15) is 9.18 Å². The van der Waals surface area contributed by atoms with Gasteiger partial charge in [0.25, 0.3) is 0 Å². The predicted octanol–water partition coefficient (Wildman–Crippen LogP) is 5.71. The van der Waals surface area contributed by atoms with Gasteiger partial charge in [-0.25, -0.2) is 19.2 Å². The lowest BCUT2D eigenvalue weighted by molar-refractivity contribution is -0.204. The number of hydrogen-bond donors (Lipinski definition) is 2. The van der Waals surface area contributed by atoms with Gasteiger partial charge in [-0.2, -0.15) is 0 Å². The third kappa shape index (κ3) is 6.69. The second-order valence-electron chi connectivity index (χ2n) is 10.9. The number of benzene rings is 2. The quantitative estimate of drug-likeness (QED) is 0.378. The molecule has 3 heterocycles. The van der Waals surface area contributed by atoms with Crippen LogP contribution in [-0.2, 0) is 14.4 Å². The van der Waals surface area contributed by atoms with Gasteiger partial charge in [0, 0.05) is 42.7 Å². The Labute approximate surface area is 231 Å². The van der Waals surface area contributed by atoms with Crippen molar-refractivity contribution >= 4 is 45.7 Å². The molecule has 2 fully saturated rings. The number of carbonyl (C=O) groups is 1. The first-order chi connectivity index (χ1) is 18.7. The van der Waals surface area contributed by atoms with Crippen molar-refractivity contribution in [3.63, 3.8) is 0 Å². The lowest BCUT2D eigenvalue weighted by atomic mass is 9.98. The number of hydroxylamine groups is 2. The van der Waals surface area contributed by atoms with E-state index in [1.807, 2.05) is 32.9 Å². The fourth-order valence-corrected chi connectivity index (χ4v) is 4.64. The summed E-state index contributed by atoms with van der Waals surface area (Å²) in [5, 5.41) is 9.40. The average Bonchev–Trinajstić information content (AvgIpc) is 3.41. The number of rotatable bonds is 7. The molecule has 2 saturated heterocycles. The molecule has 11 heteroatoms.